The molecule has 5 heteroatoms. The smallest absolute Gasteiger partial charge is 0.237 e. The van der Waals surface area contributed by atoms with Crippen LogP contribution in [-0.4, -0.2) is 29.1 Å². The van der Waals surface area contributed by atoms with E-state index >= 15 is 0 Å². The Morgan fingerprint density at radius 2 is 1.90 bits per heavy atom. The van der Waals surface area contributed by atoms with Gasteiger partial charge in [0.05, 0.1) is 18.7 Å². The minimum Gasteiger partial charge on any atom is -0.480 e. The highest BCUT2D eigenvalue weighted by molar-refractivity contribution is 5.79. The van der Waals surface area contributed by atoms with E-state index in [-0.39, 0.29) is 6.04 Å². The van der Waals surface area contributed by atoms with Gasteiger partial charge in [-0.2, -0.15) is 0 Å². The molecule has 21 heavy (non-hydrogen) atoms. The number of nitrogens with one attached hydrogen (secondary N) is 1. The third-order valence-corrected chi connectivity index (χ3v) is 3.41. The molecule has 0 radical (unpaired) electrons. The summed E-state index contributed by atoms with van der Waals surface area (Å²) in [5.74, 6) is 0.531. The van der Waals surface area contributed by atoms with Gasteiger partial charge in [-0.1, -0.05) is 12.1 Å². The molecule has 0 fully saturated rings. The van der Waals surface area contributed by atoms with Crippen LogP contribution in [0.1, 0.15) is 17.3 Å². The van der Waals surface area contributed by atoms with E-state index in [0.717, 1.165) is 22.2 Å². The molecule has 3 rings (SSSR count). The summed E-state index contributed by atoms with van der Waals surface area (Å²) < 4.78 is 5.31. The largest absolute Gasteiger partial charge is 0.480 e. The monoisotopic (exact) mass is 280 g/mol. The highest BCUT2D eigenvalue weighted by atomic mass is 16.5. The summed E-state index contributed by atoms with van der Waals surface area (Å²) in [5, 5.41) is 4.37. The molecule has 0 spiro atoms. The topological polar surface area (TPSA) is 59.9 Å². The maximum Gasteiger partial charge on any atom is 0.237 e. The molecule has 0 aliphatic carbocycles. The zero-order chi connectivity index (χ0) is 14.7. The van der Waals surface area contributed by atoms with Gasteiger partial charge in [0.1, 0.15) is 5.69 Å². The van der Waals surface area contributed by atoms with Crippen molar-refractivity contribution in [3.63, 3.8) is 0 Å². The number of ether oxygens (including phenoxy) is 1. The van der Waals surface area contributed by atoms with Crippen LogP contribution < -0.4 is 10.1 Å². The van der Waals surface area contributed by atoms with E-state index in [4.69, 9.17) is 4.74 Å². The second-order valence-corrected chi connectivity index (χ2v) is 4.63. The molecule has 0 aliphatic rings. The summed E-state index contributed by atoms with van der Waals surface area (Å²) >= 11 is 0. The summed E-state index contributed by atoms with van der Waals surface area (Å²) in [7, 11) is 3.50. The first kappa shape index (κ1) is 13.5. The lowest BCUT2D eigenvalue weighted by atomic mass is 10.0. The van der Waals surface area contributed by atoms with Crippen molar-refractivity contribution >= 4 is 10.9 Å². The fourth-order valence-corrected chi connectivity index (χ4v) is 2.43. The predicted octanol–water partition coefficient (Wildman–Crippen LogP) is 2.34. The summed E-state index contributed by atoms with van der Waals surface area (Å²) in [5.41, 5.74) is 2.84. The number of benzene rings is 1. The Kier molecular flexibility index (Phi) is 3.75. The molecule has 0 amide bonds. The van der Waals surface area contributed by atoms with Crippen molar-refractivity contribution in [2.24, 2.45) is 0 Å². The van der Waals surface area contributed by atoms with E-state index in [1.54, 1.807) is 25.7 Å². The number of pyridine rings is 1. The summed E-state index contributed by atoms with van der Waals surface area (Å²) in [6, 6.07) is 10.1. The number of hydrogen-bond acceptors (Lipinski definition) is 5. The standard InChI is InChI=1S/C16H16N4O/c1-17-14(15-16(21-2)20-9-8-19-15)12-5-6-13-11(10-12)4-3-7-18-13/h3-10,14,17H,1-2H3. The Labute approximate surface area is 123 Å². The molecule has 5 nitrogen and oxygen atoms in total. The van der Waals surface area contributed by atoms with Gasteiger partial charge >= 0.3 is 0 Å². The van der Waals surface area contributed by atoms with E-state index in [9.17, 15) is 0 Å². The maximum absolute atomic E-state index is 5.31. The summed E-state index contributed by atoms with van der Waals surface area (Å²) in [4.78, 5) is 13.0. The zero-order valence-electron chi connectivity index (χ0n) is 11.9. The van der Waals surface area contributed by atoms with Crippen molar-refractivity contribution < 1.29 is 4.74 Å². The second kappa shape index (κ2) is 5.85. The lowest BCUT2D eigenvalue weighted by Gasteiger charge is -2.18. The summed E-state index contributed by atoms with van der Waals surface area (Å²) in [6.07, 6.45) is 5.09. The molecule has 2 aromatic heterocycles. The number of nitrogens with zero attached hydrogens (tertiary/aromatic N) is 3. The first-order chi connectivity index (χ1) is 10.3. The van der Waals surface area contributed by atoms with Gasteiger partial charge < -0.3 is 10.1 Å². The second-order valence-electron chi connectivity index (χ2n) is 4.63. The van der Waals surface area contributed by atoms with Gasteiger partial charge in [0.15, 0.2) is 0 Å². The molecule has 0 bridgehead atoms. The van der Waals surface area contributed by atoms with Crippen LogP contribution in [0.25, 0.3) is 10.9 Å². The first-order valence-electron chi connectivity index (χ1n) is 6.70. The molecule has 106 valence electrons. The average Bonchev–Trinajstić information content (AvgIpc) is 2.56. The zero-order valence-corrected chi connectivity index (χ0v) is 11.9. The molecule has 3 aromatic rings. The molecule has 2 heterocycles. The van der Waals surface area contributed by atoms with Gasteiger partial charge in [0.2, 0.25) is 5.88 Å². The molecule has 0 aliphatic heterocycles. The lowest BCUT2D eigenvalue weighted by Crippen LogP contribution is -2.20. The molecule has 1 N–H and O–H groups in total. The Hall–Kier alpha value is -2.53. The maximum atomic E-state index is 5.31. The number of aromatic nitrogens is 3. The van der Waals surface area contributed by atoms with Gasteiger partial charge in [-0.3, -0.25) is 9.97 Å². The number of fused-ring (bicyclic) bond motifs is 1. The minimum absolute atomic E-state index is 0.0849. The molecular formula is C16H16N4O. The molecular weight excluding hydrogens is 264 g/mol. The molecule has 1 atom stereocenters. The van der Waals surface area contributed by atoms with Crippen LogP contribution in [0.3, 0.4) is 0 Å². The summed E-state index contributed by atoms with van der Waals surface area (Å²) in [6.45, 7) is 0. The van der Waals surface area contributed by atoms with Gasteiger partial charge in [0.25, 0.3) is 0 Å². The molecule has 1 aromatic carbocycles. The van der Waals surface area contributed by atoms with Crippen LogP contribution in [0.4, 0.5) is 0 Å². The van der Waals surface area contributed by atoms with E-state index in [0.29, 0.717) is 5.88 Å². The van der Waals surface area contributed by atoms with Crippen LogP contribution in [0.2, 0.25) is 0 Å². The van der Waals surface area contributed by atoms with Crippen molar-refractivity contribution in [2.75, 3.05) is 14.2 Å². The van der Waals surface area contributed by atoms with Crippen molar-refractivity contribution in [1.29, 1.82) is 0 Å². The van der Waals surface area contributed by atoms with Gasteiger partial charge in [0, 0.05) is 24.0 Å². The van der Waals surface area contributed by atoms with Crippen LogP contribution >= 0.6 is 0 Å². The SMILES string of the molecule is CNC(c1ccc2ncccc2c1)c1nccnc1OC. The third-order valence-electron chi connectivity index (χ3n) is 3.41. The van der Waals surface area contributed by atoms with Crippen molar-refractivity contribution in [3.8, 4) is 5.88 Å². The van der Waals surface area contributed by atoms with Crippen molar-refractivity contribution in [3.05, 3.63) is 60.2 Å². The van der Waals surface area contributed by atoms with Crippen LogP contribution in [0, 0.1) is 0 Å². The highest BCUT2D eigenvalue weighted by Gasteiger charge is 2.19. The molecule has 1 unspecified atom stereocenters. The number of methoxy groups -OCH3 is 1. The van der Waals surface area contributed by atoms with Crippen LogP contribution in [0.15, 0.2) is 48.9 Å². The van der Waals surface area contributed by atoms with E-state index in [1.807, 2.05) is 31.3 Å². The fraction of sp³-hybridized carbons (Fsp3) is 0.188. The van der Waals surface area contributed by atoms with Gasteiger partial charge in [-0.15, -0.1) is 0 Å². The van der Waals surface area contributed by atoms with Crippen LogP contribution in [-0.2, 0) is 0 Å². The Morgan fingerprint density at radius 3 is 2.71 bits per heavy atom. The molecule has 0 saturated carbocycles. The quantitative estimate of drug-likeness (QED) is 0.795. The number of rotatable bonds is 4. The average molecular weight is 280 g/mol. The van der Waals surface area contributed by atoms with Crippen molar-refractivity contribution in [2.45, 2.75) is 6.04 Å². The third kappa shape index (κ3) is 2.55. The highest BCUT2D eigenvalue weighted by Crippen LogP contribution is 2.27. The predicted molar refractivity (Wildman–Crippen MR) is 81.2 cm³/mol. The Bertz CT molecular complexity index is 760. The minimum atomic E-state index is -0.0849. The Balaban J connectivity index is 2.09. The fourth-order valence-electron chi connectivity index (χ4n) is 2.43. The van der Waals surface area contributed by atoms with E-state index < -0.39 is 0 Å². The number of hydrogen-bond donors (Lipinski definition) is 1. The first-order valence-corrected chi connectivity index (χ1v) is 6.70. The van der Waals surface area contributed by atoms with Gasteiger partial charge in [-0.25, -0.2) is 4.98 Å². The van der Waals surface area contributed by atoms with E-state index in [1.165, 1.54) is 0 Å². The van der Waals surface area contributed by atoms with E-state index in [2.05, 4.69) is 26.3 Å². The lowest BCUT2D eigenvalue weighted by molar-refractivity contribution is 0.384. The van der Waals surface area contributed by atoms with Crippen molar-refractivity contribution in [1.82, 2.24) is 20.3 Å². The Morgan fingerprint density at radius 1 is 1.05 bits per heavy atom. The normalized spacial score (nSPS) is 12.3. The van der Waals surface area contributed by atoms with Gasteiger partial charge in [-0.05, 0) is 30.8 Å². The van der Waals surface area contributed by atoms with Crippen LogP contribution in [0.5, 0.6) is 5.88 Å². The molecule has 0 saturated heterocycles.